The number of amides is 1. The first kappa shape index (κ1) is 19.9. The largest absolute Gasteiger partial charge is 0.507 e. The molecule has 1 fully saturated rings. The van der Waals surface area contributed by atoms with Crippen LogP contribution in [0.15, 0.2) is 48.0 Å². The van der Waals surface area contributed by atoms with Gasteiger partial charge in [-0.1, -0.05) is 18.2 Å². The predicted molar refractivity (Wildman–Crippen MR) is 107 cm³/mol. The predicted octanol–water partition coefficient (Wildman–Crippen LogP) is 2.54. The molecule has 2 aliphatic rings. The van der Waals surface area contributed by atoms with Gasteiger partial charge >= 0.3 is 0 Å². The fourth-order valence-electron chi connectivity index (χ4n) is 3.64. The number of aliphatic hydroxyl groups excluding tert-OH is 1. The number of nitrogens with zero attached hydrogens (tertiary/aromatic N) is 2. The number of hydrogen-bond acceptors (Lipinski definition) is 6. The van der Waals surface area contributed by atoms with E-state index in [1.807, 2.05) is 19.0 Å². The lowest BCUT2D eigenvalue weighted by molar-refractivity contribution is -0.140. The summed E-state index contributed by atoms with van der Waals surface area (Å²) in [4.78, 5) is 28.9. The van der Waals surface area contributed by atoms with Gasteiger partial charge in [0.25, 0.3) is 11.7 Å². The van der Waals surface area contributed by atoms with Crippen molar-refractivity contribution in [1.82, 2.24) is 9.80 Å². The Bertz CT molecular complexity index is 1050. The molecular formula is C22H21FN2O5. The van der Waals surface area contributed by atoms with Crippen LogP contribution in [-0.2, 0) is 9.59 Å². The van der Waals surface area contributed by atoms with Crippen LogP contribution in [0, 0.1) is 5.82 Å². The van der Waals surface area contributed by atoms with Gasteiger partial charge in [-0.15, -0.1) is 0 Å². The number of benzene rings is 2. The van der Waals surface area contributed by atoms with E-state index in [2.05, 4.69) is 0 Å². The van der Waals surface area contributed by atoms with E-state index in [1.165, 1.54) is 29.2 Å². The topological polar surface area (TPSA) is 79.3 Å². The minimum Gasteiger partial charge on any atom is -0.507 e. The molecular weight excluding hydrogens is 391 g/mol. The van der Waals surface area contributed by atoms with E-state index in [1.54, 1.807) is 18.2 Å². The molecule has 0 saturated carbocycles. The third-order valence-electron chi connectivity index (χ3n) is 5.17. The molecule has 1 amide bonds. The van der Waals surface area contributed by atoms with Crippen molar-refractivity contribution in [1.29, 1.82) is 0 Å². The summed E-state index contributed by atoms with van der Waals surface area (Å²) in [5.74, 6) is -1.63. The monoisotopic (exact) mass is 412 g/mol. The van der Waals surface area contributed by atoms with Gasteiger partial charge in [-0.25, -0.2) is 4.39 Å². The quantitative estimate of drug-likeness (QED) is 0.462. The Balaban J connectivity index is 1.85. The van der Waals surface area contributed by atoms with E-state index in [4.69, 9.17) is 9.47 Å². The maximum absolute atomic E-state index is 14.7. The van der Waals surface area contributed by atoms with Crippen LogP contribution in [0.3, 0.4) is 0 Å². The zero-order valence-corrected chi connectivity index (χ0v) is 16.6. The van der Waals surface area contributed by atoms with Crippen LogP contribution >= 0.6 is 0 Å². The smallest absolute Gasteiger partial charge is 0.295 e. The van der Waals surface area contributed by atoms with Crippen molar-refractivity contribution >= 4 is 17.4 Å². The number of fused-ring (bicyclic) bond motifs is 1. The van der Waals surface area contributed by atoms with Gasteiger partial charge in [0, 0.05) is 24.2 Å². The lowest BCUT2D eigenvalue weighted by Crippen LogP contribution is -2.35. The van der Waals surface area contributed by atoms with Crippen molar-refractivity contribution in [3.63, 3.8) is 0 Å². The number of aliphatic hydroxyl groups is 1. The summed E-state index contributed by atoms with van der Waals surface area (Å²) in [6.07, 6.45) is 0. The maximum atomic E-state index is 14.7. The fraction of sp³-hybridized carbons (Fsp3) is 0.273. The third-order valence-corrected chi connectivity index (χ3v) is 5.17. The first-order valence-corrected chi connectivity index (χ1v) is 9.46. The molecule has 7 nitrogen and oxygen atoms in total. The Morgan fingerprint density at radius 1 is 1.17 bits per heavy atom. The average molecular weight is 412 g/mol. The maximum Gasteiger partial charge on any atom is 0.295 e. The Hall–Kier alpha value is -3.39. The summed E-state index contributed by atoms with van der Waals surface area (Å²) < 4.78 is 25.3. The summed E-state index contributed by atoms with van der Waals surface area (Å²) in [6, 6.07) is 9.61. The van der Waals surface area contributed by atoms with Gasteiger partial charge in [-0.2, -0.15) is 0 Å². The summed E-state index contributed by atoms with van der Waals surface area (Å²) >= 11 is 0. The Morgan fingerprint density at radius 2 is 1.90 bits per heavy atom. The third kappa shape index (κ3) is 3.39. The Kier molecular flexibility index (Phi) is 5.17. The van der Waals surface area contributed by atoms with Gasteiger partial charge < -0.3 is 24.4 Å². The molecule has 2 aromatic carbocycles. The fourth-order valence-corrected chi connectivity index (χ4v) is 3.64. The number of halogens is 1. The number of likely N-dealkylation sites (tertiary alicyclic amines) is 1. The second-order valence-electron chi connectivity index (χ2n) is 7.39. The van der Waals surface area contributed by atoms with E-state index in [0.717, 1.165) is 0 Å². The Morgan fingerprint density at radius 3 is 2.63 bits per heavy atom. The SMILES string of the molecule is CN(C)CCN1C(=O)C(=O)C(=C(O)c2ccc3c(c2)OCO3)C1c1ccccc1F. The number of ether oxygens (including phenoxy) is 2. The zero-order chi connectivity index (χ0) is 21.4. The second kappa shape index (κ2) is 7.79. The number of hydrogen-bond donors (Lipinski definition) is 1. The molecule has 156 valence electrons. The highest BCUT2D eigenvalue weighted by molar-refractivity contribution is 6.46. The van der Waals surface area contributed by atoms with Gasteiger partial charge in [0.15, 0.2) is 11.5 Å². The first-order valence-electron chi connectivity index (χ1n) is 9.46. The lowest BCUT2D eigenvalue weighted by atomic mass is 9.95. The molecule has 1 N–H and O–H groups in total. The first-order chi connectivity index (χ1) is 14.4. The molecule has 0 aliphatic carbocycles. The van der Waals surface area contributed by atoms with Crippen LogP contribution in [0.4, 0.5) is 4.39 Å². The van der Waals surface area contributed by atoms with Crippen molar-refractivity contribution in [3.05, 3.63) is 65.0 Å². The van der Waals surface area contributed by atoms with Gasteiger partial charge in [0.2, 0.25) is 6.79 Å². The van der Waals surface area contributed by atoms with Crippen molar-refractivity contribution < 1.29 is 28.6 Å². The Labute approximate surface area is 172 Å². The molecule has 0 spiro atoms. The molecule has 0 aromatic heterocycles. The van der Waals surface area contributed by atoms with Crippen LogP contribution in [0.25, 0.3) is 5.76 Å². The standard InChI is InChI=1S/C22H21FN2O5/c1-24(2)9-10-25-19(14-5-3-4-6-15(14)23)18(21(27)22(25)28)20(26)13-7-8-16-17(11-13)30-12-29-16/h3-8,11,19,26H,9-10,12H2,1-2H3. The number of carbonyl (C=O) groups excluding carboxylic acids is 2. The van der Waals surface area contributed by atoms with E-state index in [-0.39, 0.29) is 35.8 Å². The van der Waals surface area contributed by atoms with E-state index in [0.29, 0.717) is 18.0 Å². The number of likely N-dealkylation sites (N-methyl/N-ethyl adjacent to an activating group) is 1. The van der Waals surface area contributed by atoms with Crippen molar-refractivity contribution in [2.75, 3.05) is 34.0 Å². The van der Waals surface area contributed by atoms with E-state index < -0.39 is 23.5 Å². The van der Waals surface area contributed by atoms with Crippen LogP contribution in [0.1, 0.15) is 17.2 Å². The molecule has 0 bridgehead atoms. The van der Waals surface area contributed by atoms with Crippen molar-refractivity contribution in [3.8, 4) is 11.5 Å². The summed E-state index contributed by atoms with van der Waals surface area (Å²) in [7, 11) is 3.67. The van der Waals surface area contributed by atoms with E-state index in [9.17, 15) is 19.1 Å². The van der Waals surface area contributed by atoms with E-state index >= 15 is 0 Å². The molecule has 0 radical (unpaired) electrons. The van der Waals surface area contributed by atoms with Crippen LogP contribution in [0.5, 0.6) is 11.5 Å². The number of carbonyl (C=O) groups is 2. The van der Waals surface area contributed by atoms with Crippen molar-refractivity contribution in [2.45, 2.75) is 6.04 Å². The minimum absolute atomic E-state index is 0.0592. The molecule has 1 saturated heterocycles. The normalized spacial score (nSPS) is 19.7. The summed E-state index contributed by atoms with van der Waals surface area (Å²) in [5.41, 5.74) is 0.284. The van der Waals surface area contributed by atoms with Crippen LogP contribution in [0.2, 0.25) is 0 Å². The van der Waals surface area contributed by atoms with Gasteiger partial charge in [0.05, 0.1) is 11.6 Å². The zero-order valence-electron chi connectivity index (χ0n) is 16.6. The molecule has 8 heteroatoms. The lowest BCUT2D eigenvalue weighted by Gasteiger charge is -2.26. The van der Waals surface area contributed by atoms with Gasteiger partial charge in [-0.3, -0.25) is 9.59 Å². The molecule has 1 atom stereocenters. The van der Waals surface area contributed by atoms with Crippen molar-refractivity contribution in [2.24, 2.45) is 0 Å². The molecule has 2 aromatic rings. The average Bonchev–Trinajstić information content (AvgIpc) is 3.29. The summed E-state index contributed by atoms with van der Waals surface area (Å²) in [5, 5.41) is 11.0. The van der Waals surface area contributed by atoms with Crippen LogP contribution < -0.4 is 9.47 Å². The molecule has 2 aliphatic heterocycles. The highest BCUT2D eigenvalue weighted by atomic mass is 19.1. The number of ketones is 1. The highest BCUT2D eigenvalue weighted by Crippen LogP contribution is 2.41. The summed E-state index contributed by atoms with van der Waals surface area (Å²) in [6.45, 7) is 0.736. The second-order valence-corrected chi connectivity index (χ2v) is 7.39. The minimum atomic E-state index is -1.03. The number of rotatable bonds is 5. The number of Topliss-reactive ketones (excluding diaryl/α,β-unsaturated/α-hetero) is 1. The highest BCUT2D eigenvalue weighted by Gasteiger charge is 2.46. The molecule has 30 heavy (non-hydrogen) atoms. The molecule has 1 unspecified atom stereocenters. The van der Waals surface area contributed by atoms with Crippen LogP contribution in [-0.4, -0.2) is 60.6 Å². The van der Waals surface area contributed by atoms with Gasteiger partial charge in [0.1, 0.15) is 11.6 Å². The molecule has 2 heterocycles. The molecule has 4 rings (SSSR count). The van der Waals surface area contributed by atoms with Gasteiger partial charge in [-0.05, 0) is 38.4 Å².